The van der Waals surface area contributed by atoms with E-state index in [1.54, 1.807) is 0 Å². The molecule has 1 fully saturated rings. The van der Waals surface area contributed by atoms with Crippen molar-refractivity contribution in [2.45, 2.75) is 51.6 Å². The van der Waals surface area contributed by atoms with Crippen molar-refractivity contribution in [2.24, 2.45) is 5.73 Å². The lowest BCUT2D eigenvalue weighted by molar-refractivity contribution is 0.444. The summed E-state index contributed by atoms with van der Waals surface area (Å²) in [6, 6.07) is 2.54. The van der Waals surface area contributed by atoms with Crippen molar-refractivity contribution in [1.82, 2.24) is 9.97 Å². The number of hydrogen-bond donors (Lipinski definition) is 3. The summed E-state index contributed by atoms with van der Waals surface area (Å²) >= 11 is 0. The van der Waals surface area contributed by atoms with Crippen molar-refractivity contribution in [3.05, 3.63) is 11.9 Å². The number of nitrogens with one attached hydrogen (secondary N) is 2. The van der Waals surface area contributed by atoms with Crippen LogP contribution in [-0.2, 0) is 0 Å². The topological polar surface area (TPSA) is 75.9 Å². The van der Waals surface area contributed by atoms with Crippen LogP contribution in [0.2, 0.25) is 0 Å². The minimum atomic E-state index is -0.250. The molecule has 1 aliphatic carbocycles. The lowest BCUT2D eigenvalue weighted by atomic mass is 9.93. The van der Waals surface area contributed by atoms with Crippen LogP contribution in [0.4, 0.5) is 11.6 Å². The molecule has 1 aromatic heterocycles. The van der Waals surface area contributed by atoms with E-state index in [1.165, 1.54) is 19.3 Å². The fourth-order valence-electron chi connectivity index (χ4n) is 1.81. The molecule has 18 heavy (non-hydrogen) atoms. The summed E-state index contributed by atoms with van der Waals surface area (Å²) in [5, 5.41) is 6.69. The number of nitrogens with zero attached hydrogens (tertiary/aromatic N) is 2. The summed E-state index contributed by atoms with van der Waals surface area (Å²) in [6.45, 7) is 6.57. The maximum Gasteiger partial charge on any atom is 0.132 e. The summed E-state index contributed by atoms with van der Waals surface area (Å²) < 4.78 is 0. The smallest absolute Gasteiger partial charge is 0.132 e. The molecule has 1 aromatic rings. The summed E-state index contributed by atoms with van der Waals surface area (Å²) in [5.41, 5.74) is 5.70. The molecule has 0 atom stereocenters. The molecule has 0 amide bonds. The van der Waals surface area contributed by atoms with Gasteiger partial charge in [-0.15, -0.1) is 0 Å². The first kappa shape index (κ1) is 13.1. The first-order chi connectivity index (χ1) is 8.42. The van der Waals surface area contributed by atoms with Crippen LogP contribution >= 0.6 is 0 Å². The molecule has 100 valence electrons. The van der Waals surface area contributed by atoms with Gasteiger partial charge in [0.15, 0.2) is 0 Å². The Morgan fingerprint density at radius 2 is 2.00 bits per heavy atom. The minimum Gasteiger partial charge on any atom is -0.368 e. The monoisotopic (exact) mass is 249 g/mol. The van der Waals surface area contributed by atoms with Crippen LogP contribution in [0.5, 0.6) is 0 Å². The van der Waals surface area contributed by atoms with Crippen LogP contribution in [0.15, 0.2) is 6.07 Å². The van der Waals surface area contributed by atoms with E-state index < -0.39 is 0 Å². The summed E-state index contributed by atoms with van der Waals surface area (Å²) in [5.74, 6) is 2.52. The molecule has 0 radical (unpaired) electrons. The highest BCUT2D eigenvalue weighted by Crippen LogP contribution is 2.23. The van der Waals surface area contributed by atoms with Crippen molar-refractivity contribution in [3.8, 4) is 0 Å². The summed E-state index contributed by atoms with van der Waals surface area (Å²) in [4.78, 5) is 8.78. The van der Waals surface area contributed by atoms with Crippen LogP contribution in [0.25, 0.3) is 0 Å². The number of rotatable bonds is 5. The third-order valence-electron chi connectivity index (χ3n) is 3.02. The van der Waals surface area contributed by atoms with Crippen molar-refractivity contribution in [2.75, 3.05) is 17.2 Å². The van der Waals surface area contributed by atoms with Crippen LogP contribution in [0.3, 0.4) is 0 Å². The average molecular weight is 249 g/mol. The first-order valence-electron chi connectivity index (χ1n) is 6.57. The molecule has 1 heterocycles. The normalized spacial score (nSPS) is 16.2. The van der Waals surface area contributed by atoms with Gasteiger partial charge in [0.1, 0.15) is 17.5 Å². The quantitative estimate of drug-likeness (QED) is 0.743. The van der Waals surface area contributed by atoms with E-state index in [1.807, 2.05) is 26.8 Å². The second kappa shape index (κ2) is 5.10. The third kappa shape index (κ3) is 3.84. The zero-order valence-electron chi connectivity index (χ0n) is 11.5. The van der Waals surface area contributed by atoms with E-state index in [0.717, 1.165) is 17.5 Å². The van der Waals surface area contributed by atoms with Gasteiger partial charge < -0.3 is 16.4 Å². The lowest BCUT2D eigenvalue weighted by Crippen LogP contribution is -2.39. The number of nitrogens with two attached hydrogens (primary N) is 1. The molecule has 4 N–H and O–H groups in total. The Morgan fingerprint density at radius 1 is 1.33 bits per heavy atom. The molecule has 0 saturated heterocycles. The molecular weight excluding hydrogens is 226 g/mol. The molecule has 5 nitrogen and oxygen atoms in total. The highest BCUT2D eigenvalue weighted by molar-refractivity contribution is 5.48. The van der Waals surface area contributed by atoms with Crippen LogP contribution in [-0.4, -0.2) is 28.1 Å². The lowest BCUT2D eigenvalue weighted by Gasteiger charge is -2.27. The Balaban J connectivity index is 2.01. The molecule has 0 aromatic carbocycles. The Morgan fingerprint density at radius 3 is 2.56 bits per heavy atom. The molecule has 5 heteroatoms. The molecular formula is C13H23N5. The van der Waals surface area contributed by atoms with Crippen molar-refractivity contribution in [1.29, 1.82) is 0 Å². The fraction of sp³-hybridized carbons (Fsp3) is 0.692. The highest BCUT2D eigenvalue weighted by atomic mass is 15.1. The van der Waals surface area contributed by atoms with E-state index in [-0.39, 0.29) is 5.54 Å². The highest BCUT2D eigenvalue weighted by Gasteiger charge is 2.18. The third-order valence-corrected chi connectivity index (χ3v) is 3.02. The Labute approximate surface area is 109 Å². The van der Waals surface area contributed by atoms with Gasteiger partial charge in [-0.25, -0.2) is 9.97 Å². The van der Waals surface area contributed by atoms with Gasteiger partial charge in [0.05, 0.1) is 0 Å². The van der Waals surface area contributed by atoms with Crippen molar-refractivity contribution < 1.29 is 0 Å². The van der Waals surface area contributed by atoms with Crippen LogP contribution in [0.1, 0.15) is 38.9 Å². The van der Waals surface area contributed by atoms with E-state index >= 15 is 0 Å². The van der Waals surface area contributed by atoms with E-state index in [9.17, 15) is 0 Å². The largest absolute Gasteiger partial charge is 0.368 e. The standard InChI is InChI=1S/C13H23N5/c1-9-16-11(15-8-13(2,3)14)7-12(17-9)18-10-5-4-6-10/h7,10H,4-6,8,14H2,1-3H3,(H2,15,16,17,18). The van der Waals surface area contributed by atoms with Gasteiger partial charge >= 0.3 is 0 Å². The minimum absolute atomic E-state index is 0.250. The maximum atomic E-state index is 5.95. The van der Waals surface area contributed by atoms with Crippen LogP contribution < -0.4 is 16.4 Å². The molecule has 0 unspecified atom stereocenters. The van der Waals surface area contributed by atoms with Gasteiger partial charge in [-0.1, -0.05) is 0 Å². The predicted molar refractivity (Wildman–Crippen MR) is 74.8 cm³/mol. The van der Waals surface area contributed by atoms with Gasteiger partial charge in [-0.2, -0.15) is 0 Å². The second-order valence-electron chi connectivity index (χ2n) is 5.80. The van der Waals surface area contributed by atoms with Gasteiger partial charge in [0.25, 0.3) is 0 Å². The summed E-state index contributed by atoms with van der Waals surface area (Å²) in [7, 11) is 0. The van der Waals surface area contributed by atoms with E-state index in [0.29, 0.717) is 12.6 Å². The number of aromatic nitrogens is 2. The molecule has 0 spiro atoms. The maximum absolute atomic E-state index is 5.95. The van der Waals surface area contributed by atoms with Gasteiger partial charge in [-0.05, 0) is 40.0 Å². The zero-order valence-corrected chi connectivity index (χ0v) is 11.5. The van der Waals surface area contributed by atoms with Crippen LogP contribution in [0, 0.1) is 6.92 Å². The first-order valence-corrected chi connectivity index (χ1v) is 6.57. The number of aryl methyl sites for hydroxylation is 1. The summed E-state index contributed by atoms with van der Waals surface area (Å²) in [6.07, 6.45) is 3.79. The van der Waals surface area contributed by atoms with Gasteiger partial charge in [-0.3, -0.25) is 0 Å². The van der Waals surface area contributed by atoms with E-state index in [4.69, 9.17) is 5.73 Å². The molecule has 2 rings (SSSR count). The van der Waals surface area contributed by atoms with Crippen molar-refractivity contribution in [3.63, 3.8) is 0 Å². The number of anilines is 2. The van der Waals surface area contributed by atoms with E-state index in [2.05, 4.69) is 20.6 Å². The molecule has 0 aliphatic heterocycles. The zero-order chi connectivity index (χ0) is 13.2. The molecule has 1 saturated carbocycles. The predicted octanol–water partition coefficient (Wildman–Crippen LogP) is 1.90. The fourth-order valence-corrected chi connectivity index (χ4v) is 1.81. The Hall–Kier alpha value is -1.36. The Bertz CT molecular complexity index is 406. The molecule has 0 bridgehead atoms. The second-order valence-corrected chi connectivity index (χ2v) is 5.80. The Kier molecular flexibility index (Phi) is 3.71. The number of hydrogen-bond acceptors (Lipinski definition) is 5. The average Bonchev–Trinajstić information content (AvgIpc) is 2.19. The van der Waals surface area contributed by atoms with Crippen molar-refractivity contribution >= 4 is 11.6 Å². The molecule has 1 aliphatic rings. The van der Waals surface area contributed by atoms with Gasteiger partial charge in [0.2, 0.25) is 0 Å². The SMILES string of the molecule is Cc1nc(NCC(C)(C)N)cc(NC2CCC2)n1. The van der Waals surface area contributed by atoms with Gasteiger partial charge in [0, 0.05) is 24.2 Å².